The van der Waals surface area contributed by atoms with Crippen LogP contribution in [0.3, 0.4) is 0 Å². The lowest BCUT2D eigenvalue weighted by atomic mass is 10.1. The van der Waals surface area contributed by atoms with Crippen molar-refractivity contribution in [3.63, 3.8) is 0 Å². The molecule has 3 rings (SSSR count). The van der Waals surface area contributed by atoms with E-state index in [0.717, 1.165) is 33.2 Å². The molecule has 0 spiro atoms. The zero-order chi connectivity index (χ0) is 17.3. The summed E-state index contributed by atoms with van der Waals surface area (Å²) in [7, 11) is 0. The summed E-state index contributed by atoms with van der Waals surface area (Å²) in [5.74, 6) is 1.46. The van der Waals surface area contributed by atoms with E-state index in [9.17, 15) is 4.79 Å². The summed E-state index contributed by atoms with van der Waals surface area (Å²) in [5.41, 5.74) is 3.88. The van der Waals surface area contributed by atoms with Crippen LogP contribution < -0.4 is 5.56 Å². The highest BCUT2D eigenvalue weighted by molar-refractivity contribution is 7.99. The summed E-state index contributed by atoms with van der Waals surface area (Å²) in [4.78, 5) is 18.0. The van der Waals surface area contributed by atoms with E-state index in [1.54, 1.807) is 16.3 Å². The van der Waals surface area contributed by atoms with Gasteiger partial charge in [0.2, 0.25) is 0 Å². The monoisotopic (exact) mass is 338 g/mol. The molecule has 0 saturated heterocycles. The Kier molecular flexibility index (Phi) is 4.76. The van der Waals surface area contributed by atoms with Crippen LogP contribution in [-0.4, -0.2) is 15.3 Å². The third-order valence-corrected chi connectivity index (χ3v) is 5.32. The SMILES string of the molecule is Cc1cccc(C)c1-n1c(SCC(C)C)nc2ccccc2c1=O. The molecule has 0 amide bonds. The van der Waals surface area contributed by atoms with Crippen molar-refractivity contribution in [2.75, 3.05) is 5.75 Å². The van der Waals surface area contributed by atoms with Gasteiger partial charge >= 0.3 is 0 Å². The molecule has 0 aliphatic carbocycles. The van der Waals surface area contributed by atoms with Crippen molar-refractivity contribution in [3.05, 3.63) is 63.9 Å². The standard InChI is InChI=1S/C20H22N2OS/c1-13(2)12-24-20-21-17-11-6-5-10-16(17)19(23)22(20)18-14(3)8-7-9-15(18)4/h5-11,13H,12H2,1-4H3. The van der Waals surface area contributed by atoms with Crippen LogP contribution in [0.15, 0.2) is 52.4 Å². The Balaban J connectivity index is 2.33. The number of hydrogen-bond acceptors (Lipinski definition) is 3. The van der Waals surface area contributed by atoms with E-state index in [1.165, 1.54) is 0 Å². The molecule has 1 heterocycles. The summed E-state index contributed by atoms with van der Waals surface area (Å²) in [5, 5.41) is 1.43. The Morgan fingerprint density at radius 3 is 2.38 bits per heavy atom. The fourth-order valence-corrected chi connectivity index (χ4v) is 3.75. The zero-order valence-electron chi connectivity index (χ0n) is 14.5. The molecule has 0 fully saturated rings. The molecule has 2 aromatic carbocycles. The molecular weight excluding hydrogens is 316 g/mol. The van der Waals surface area contributed by atoms with Gasteiger partial charge in [0.25, 0.3) is 5.56 Å². The van der Waals surface area contributed by atoms with Crippen LogP contribution in [0.2, 0.25) is 0 Å². The Bertz CT molecular complexity index is 924. The summed E-state index contributed by atoms with van der Waals surface area (Å²) < 4.78 is 1.79. The highest BCUT2D eigenvalue weighted by Crippen LogP contribution is 2.26. The van der Waals surface area contributed by atoms with Crippen molar-refractivity contribution in [1.29, 1.82) is 0 Å². The smallest absolute Gasteiger partial charge is 0.266 e. The van der Waals surface area contributed by atoms with Crippen LogP contribution in [0.4, 0.5) is 0 Å². The van der Waals surface area contributed by atoms with Crippen LogP contribution in [-0.2, 0) is 0 Å². The van der Waals surface area contributed by atoms with E-state index in [2.05, 4.69) is 13.8 Å². The lowest BCUT2D eigenvalue weighted by molar-refractivity contribution is 0.741. The second kappa shape index (κ2) is 6.81. The molecule has 0 bridgehead atoms. The summed E-state index contributed by atoms with van der Waals surface area (Å²) in [6, 6.07) is 13.7. The van der Waals surface area contributed by atoms with Gasteiger partial charge in [0.1, 0.15) is 0 Å². The number of nitrogens with zero attached hydrogens (tertiary/aromatic N) is 2. The van der Waals surface area contributed by atoms with E-state index >= 15 is 0 Å². The molecule has 3 nitrogen and oxygen atoms in total. The van der Waals surface area contributed by atoms with Gasteiger partial charge in [-0.05, 0) is 43.0 Å². The first-order chi connectivity index (χ1) is 11.5. The Morgan fingerprint density at radius 2 is 1.71 bits per heavy atom. The number of aromatic nitrogens is 2. The first kappa shape index (κ1) is 16.8. The third-order valence-electron chi connectivity index (χ3n) is 3.95. The van der Waals surface area contributed by atoms with Crippen LogP contribution in [0.1, 0.15) is 25.0 Å². The third kappa shape index (κ3) is 3.11. The summed E-state index contributed by atoms with van der Waals surface area (Å²) in [6.07, 6.45) is 0. The largest absolute Gasteiger partial charge is 0.268 e. The maximum atomic E-state index is 13.2. The topological polar surface area (TPSA) is 34.9 Å². The minimum atomic E-state index is 0.00394. The molecule has 24 heavy (non-hydrogen) atoms. The number of rotatable bonds is 4. The second-order valence-electron chi connectivity index (χ2n) is 6.50. The molecule has 4 heteroatoms. The number of benzene rings is 2. The van der Waals surface area contributed by atoms with E-state index in [-0.39, 0.29) is 5.56 Å². The average Bonchev–Trinajstić information content (AvgIpc) is 2.55. The van der Waals surface area contributed by atoms with Gasteiger partial charge < -0.3 is 0 Å². The molecule has 0 radical (unpaired) electrons. The predicted molar refractivity (Wildman–Crippen MR) is 102 cm³/mol. The second-order valence-corrected chi connectivity index (χ2v) is 7.48. The molecule has 3 aromatic rings. The van der Waals surface area contributed by atoms with Crippen LogP contribution in [0.25, 0.3) is 16.6 Å². The minimum absolute atomic E-state index is 0.00394. The first-order valence-electron chi connectivity index (χ1n) is 8.20. The van der Waals surface area contributed by atoms with Crippen molar-refractivity contribution < 1.29 is 0 Å². The number of fused-ring (bicyclic) bond motifs is 1. The van der Waals surface area contributed by atoms with Gasteiger partial charge in [-0.15, -0.1) is 0 Å². The number of hydrogen-bond donors (Lipinski definition) is 0. The summed E-state index contributed by atoms with van der Waals surface area (Å²) >= 11 is 1.65. The average molecular weight is 338 g/mol. The van der Waals surface area contributed by atoms with Crippen molar-refractivity contribution in [3.8, 4) is 5.69 Å². The van der Waals surface area contributed by atoms with E-state index < -0.39 is 0 Å². The Morgan fingerprint density at radius 1 is 1.04 bits per heavy atom. The van der Waals surface area contributed by atoms with Gasteiger partial charge in [-0.2, -0.15) is 0 Å². The van der Waals surface area contributed by atoms with Gasteiger partial charge in [-0.25, -0.2) is 4.98 Å². The lowest BCUT2D eigenvalue weighted by Gasteiger charge is -2.17. The number of aryl methyl sites for hydroxylation is 2. The molecular formula is C20H22N2OS. The first-order valence-corrected chi connectivity index (χ1v) is 9.18. The van der Waals surface area contributed by atoms with Crippen LogP contribution >= 0.6 is 11.8 Å². The van der Waals surface area contributed by atoms with Crippen molar-refractivity contribution >= 4 is 22.7 Å². The Hall–Kier alpha value is -2.07. The predicted octanol–water partition coefficient (Wildman–Crippen LogP) is 4.75. The minimum Gasteiger partial charge on any atom is -0.268 e. The van der Waals surface area contributed by atoms with Crippen molar-refractivity contribution in [1.82, 2.24) is 9.55 Å². The van der Waals surface area contributed by atoms with Gasteiger partial charge in [-0.3, -0.25) is 9.36 Å². The highest BCUT2D eigenvalue weighted by atomic mass is 32.2. The van der Waals surface area contributed by atoms with E-state index in [4.69, 9.17) is 4.98 Å². The maximum Gasteiger partial charge on any atom is 0.266 e. The van der Waals surface area contributed by atoms with Gasteiger partial charge in [0, 0.05) is 5.75 Å². The fourth-order valence-electron chi connectivity index (χ4n) is 2.81. The summed E-state index contributed by atoms with van der Waals surface area (Å²) in [6.45, 7) is 8.44. The Labute approximate surface area is 146 Å². The lowest BCUT2D eigenvalue weighted by Crippen LogP contribution is -2.23. The number of para-hydroxylation sites is 2. The van der Waals surface area contributed by atoms with Crippen molar-refractivity contribution in [2.24, 2.45) is 5.92 Å². The molecule has 124 valence electrons. The molecule has 0 aliphatic heterocycles. The fraction of sp³-hybridized carbons (Fsp3) is 0.300. The molecule has 0 N–H and O–H groups in total. The van der Waals surface area contributed by atoms with E-state index in [0.29, 0.717) is 11.3 Å². The zero-order valence-corrected chi connectivity index (χ0v) is 15.4. The van der Waals surface area contributed by atoms with Gasteiger partial charge in [0.05, 0.1) is 16.6 Å². The van der Waals surface area contributed by atoms with Crippen LogP contribution in [0.5, 0.6) is 0 Å². The molecule has 0 aliphatic rings. The highest BCUT2D eigenvalue weighted by Gasteiger charge is 2.16. The van der Waals surface area contributed by atoms with Crippen molar-refractivity contribution in [2.45, 2.75) is 32.9 Å². The molecule has 1 aromatic heterocycles. The molecule has 0 unspecified atom stereocenters. The van der Waals surface area contributed by atoms with Gasteiger partial charge in [-0.1, -0.05) is 55.9 Å². The molecule has 0 atom stereocenters. The van der Waals surface area contributed by atoms with Crippen LogP contribution in [0, 0.1) is 19.8 Å². The number of thioether (sulfide) groups is 1. The normalized spacial score (nSPS) is 11.4. The maximum absolute atomic E-state index is 13.2. The van der Waals surface area contributed by atoms with E-state index in [1.807, 2.05) is 56.3 Å². The quantitative estimate of drug-likeness (QED) is 0.508. The van der Waals surface area contributed by atoms with Gasteiger partial charge in [0.15, 0.2) is 5.16 Å². The molecule has 0 saturated carbocycles.